The summed E-state index contributed by atoms with van der Waals surface area (Å²) in [6, 6.07) is 0. The molecule has 0 radical (unpaired) electrons. The average molecular weight is 195 g/mol. The van der Waals surface area contributed by atoms with E-state index in [1.165, 1.54) is 0 Å². The van der Waals surface area contributed by atoms with E-state index in [0.29, 0.717) is 0 Å². The van der Waals surface area contributed by atoms with Crippen LogP contribution in [0.4, 0.5) is 0 Å². The lowest BCUT2D eigenvalue weighted by Crippen LogP contribution is -1.66. The van der Waals surface area contributed by atoms with Crippen LogP contribution in [0.5, 0.6) is 0 Å². The summed E-state index contributed by atoms with van der Waals surface area (Å²) in [6.45, 7) is 3.09. The van der Waals surface area contributed by atoms with Gasteiger partial charge >= 0.3 is 7.82 Å². The Morgan fingerprint density at radius 2 is 1.33 bits per heavy atom. The third-order valence-electron chi connectivity index (χ3n) is 0. The van der Waals surface area contributed by atoms with E-state index in [2.05, 4.69) is 6.58 Å². The smallest absolute Gasteiger partial charge is 0.303 e. The Balaban J connectivity index is 0. The zero-order valence-electron chi connectivity index (χ0n) is 4.16. The number of halogens is 2. The van der Waals surface area contributed by atoms with Gasteiger partial charge in [0.05, 0.1) is 4.49 Å². The van der Waals surface area contributed by atoms with Crippen LogP contribution in [0.15, 0.2) is 11.1 Å². The predicted molar refractivity (Wildman–Crippen MR) is 35.1 cm³/mol. The molecule has 0 rings (SSSR count). The summed E-state index contributed by atoms with van der Waals surface area (Å²) in [7, 11) is -4.64. The Morgan fingerprint density at radius 3 is 1.33 bits per heavy atom. The van der Waals surface area contributed by atoms with E-state index in [-0.39, 0.29) is 4.49 Å². The Morgan fingerprint density at radius 1 is 1.33 bits per heavy atom. The third kappa shape index (κ3) is 1890. The highest BCUT2D eigenvalue weighted by Crippen LogP contribution is 2.25. The molecule has 0 atom stereocenters. The first-order valence-electron chi connectivity index (χ1n) is 1.51. The molecule has 0 amide bonds. The van der Waals surface area contributed by atoms with Crippen LogP contribution in [-0.2, 0) is 4.57 Å². The Labute approximate surface area is 62.0 Å². The second kappa shape index (κ2) is 5.23. The lowest BCUT2D eigenvalue weighted by atomic mass is 11.3. The van der Waals surface area contributed by atoms with Crippen molar-refractivity contribution < 1.29 is 19.2 Å². The van der Waals surface area contributed by atoms with Gasteiger partial charge in [-0.1, -0.05) is 29.8 Å². The van der Waals surface area contributed by atoms with E-state index in [1.54, 1.807) is 0 Å². The van der Waals surface area contributed by atoms with Gasteiger partial charge in [0.15, 0.2) is 0 Å². The molecule has 7 heteroatoms. The van der Waals surface area contributed by atoms with Gasteiger partial charge in [0.1, 0.15) is 0 Å². The molecule has 0 saturated heterocycles. The van der Waals surface area contributed by atoms with Gasteiger partial charge in [0.25, 0.3) is 0 Å². The monoisotopic (exact) mass is 194 g/mol. The second-order valence-electron chi connectivity index (χ2n) is 0.852. The van der Waals surface area contributed by atoms with Crippen molar-refractivity contribution >= 4 is 31.0 Å². The predicted octanol–water partition coefficient (Wildman–Crippen LogP) is 1.01. The minimum absolute atomic E-state index is 0.111. The minimum Gasteiger partial charge on any atom is -0.303 e. The lowest BCUT2D eigenvalue weighted by molar-refractivity contribution is 0.275. The molecular weight excluding hydrogens is 190 g/mol. The fourth-order valence-corrected chi connectivity index (χ4v) is 0. The van der Waals surface area contributed by atoms with Crippen molar-refractivity contribution in [2.24, 2.45) is 0 Å². The highest BCUT2D eigenvalue weighted by molar-refractivity contribution is 7.45. The van der Waals surface area contributed by atoms with Crippen molar-refractivity contribution in [2.45, 2.75) is 0 Å². The van der Waals surface area contributed by atoms with E-state index in [0.717, 1.165) is 0 Å². The third-order valence-corrected chi connectivity index (χ3v) is 0. The Kier molecular flexibility index (Phi) is 7.06. The summed E-state index contributed by atoms with van der Waals surface area (Å²) < 4.78 is 8.99. The molecule has 0 bridgehead atoms. The molecule has 9 heavy (non-hydrogen) atoms. The lowest BCUT2D eigenvalue weighted by Gasteiger charge is -1.82. The molecule has 0 aromatic heterocycles. The summed E-state index contributed by atoms with van der Waals surface area (Å²) >= 11 is 9.69. The molecule has 56 valence electrons. The standard InChI is InChI=1S/C2H2Cl2.H3O4P/c1-2(3)4;1-5(2,3)4/h1H2;(H3,1,2,3,4). The van der Waals surface area contributed by atoms with Crippen molar-refractivity contribution in [3.05, 3.63) is 11.1 Å². The van der Waals surface area contributed by atoms with Gasteiger partial charge in [0, 0.05) is 0 Å². The SMILES string of the molecule is C=C(Cl)Cl.O=P(O)(O)O. The van der Waals surface area contributed by atoms with Gasteiger partial charge in [-0.05, 0) is 0 Å². The maximum atomic E-state index is 8.88. The molecule has 4 nitrogen and oxygen atoms in total. The molecule has 0 aromatic carbocycles. The summed E-state index contributed by atoms with van der Waals surface area (Å²) in [5.74, 6) is 0. The zero-order valence-corrected chi connectivity index (χ0v) is 6.57. The van der Waals surface area contributed by atoms with Gasteiger partial charge in [0.2, 0.25) is 0 Å². The van der Waals surface area contributed by atoms with Crippen LogP contribution < -0.4 is 0 Å². The largest absolute Gasteiger partial charge is 0.466 e. The topological polar surface area (TPSA) is 77.8 Å². The van der Waals surface area contributed by atoms with E-state index in [1.807, 2.05) is 0 Å². The molecule has 0 aliphatic heterocycles. The summed E-state index contributed by atoms with van der Waals surface area (Å²) in [5, 5.41) is 0. The van der Waals surface area contributed by atoms with Gasteiger partial charge < -0.3 is 14.7 Å². The van der Waals surface area contributed by atoms with Crippen LogP contribution in [0.3, 0.4) is 0 Å². The highest BCUT2D eigenvalue weighted by Gasteiger charge is 2.00. The van der Waals surface area contributed by atoms with Crippen molar-refractivity contribution in [3.8, 4) is 0 Å². The zero-order chi connectivity index (χ0) is 8.08. The highest BCUT2D eigenvalue weighted by atomic mass is 35.5. The molecule has 0 aromatic rings. The van der Waals surface area contributed by atoms with Gasteiger partial charge in [-0.3, -0.25) is 0 Å². The fraction of sp³-hybridized carbons (Fsp3) is 0. The van der Waals surface area contributed by atoms with E-state index in [9.17, 15) is 0 Å². The molecule has 0 aliphatic rings. The second-order valence-corrected chi connectivity index (χ2v) is 2.98. The molecule has 0 saturated carbocycles. The average Bonchev–Trinajstić information content (AvgIpc) is 1.19. The van der Waals surface area contributed by atoms with Crippen molar-refractivity contribution in [1.82, 2.24) is 0 Å². The van der Waals surface area contributed by atoms with Crippen LogP contribution in [0, 0.1) is 0 Å². The maximum absolute atomic E-state index is 8.88. The van der Waals surface area contributed by atoms with Crippen LogP contribution in [0.2, 0.25) is 0 Å². The van der Waals surface area contributed by atoms with E-state index >= 15 is 0 Å². The van der Waals surface area contributed by atoms with Crippen molar-refractivity contribution in [3.63, 3.8) is 0 Å². The molecule has 0 heterocycles. The molecule has 0 spiro atoms. The molecule has 3 N–H and O–H groups in total. The minimum atomic E-state index is -4.64. The number of hydrogen-bond donors (Lipinski definition) is 3. The first kappa shape index (κ1) is 12.1. The molecule has 0 aliphatic carbocycles. The Hall–Kier alpha value is 0.430. The van der Waals surface area contributed by atoms with Crippen LogP contribution in [-0.4, -0.2) is 14.7 Å². The molecular formula is C2H5Cl2O4P. The number of hydrogen-bond acceptors (Lipinski definition) is 1. The normalized spacial score (nSPS) is 9.44. The summed E-state index contributed by atoms with van der Waals surface area (Å²) in [4.78, 5) is 21.6. The molecule has 0 unspecified atom stereocenters. The van der Waals surface area contributed by atoms with Gasteiger partial charge in [-0.15, -0.1) is 0 Å². The van der Waals surface area contributed by atoms with Crippen LogP contribution >= 0.6 is 31.0 Å². The quantitative estimate of drug-likeness (QED) is 0.504. The van der Waals surface area contributed by atoms with Gasteiger partial charge in [-0.25, -0.2) is 4.57 Å². The number of phosphoric acid groups is 1. The fourth-order valence-electron chi connectivity index (χ4n) is 0. The summed E-state index contributed by atoms with van der Waals surface area (Å²) in [6.07, 6.45) is 0. The Bertz CT molecular complexity index is 116. The van der Waals surface area contributed by atoms with Crippen LogP contribution in [0.25, 0.3) is 0 Å². The number of rotatable bonds is 0. The first-order chi connectivity index (χ1) is 3.73. The van der Waals surface area contributed by atoms with Crippen molar-refractivity contribution in [1.29, 1.82) is 0 Å². The van der Waals surface area contributed by atoms with Crippen LogP contribution in [0.1, 0.15) is 0 Å². The van der Waals surface area contributed by atoms with Gasteiger partial charge in [-0.2, -0.15) is 0 Å². The first-order valence-corrected chi connectivity index (χ1v) is 3.84. The maximum Gasteiger partial charge on any atom is 0.466 e. The van der Waals surface area contributed by atoms with E-state index in [4.69, 9.17) is 42.4 Å². The van der Waals surface area contributed by atoms with Crippen molar-refractivity contribution in [2.75, 3.05) is 0 Å². The summed E-state index contributed by atoms with van der Waals surface area (Å²) in [5.41, 5.74) is 0. The molecule has 0 fully saturated rings. The van der Waals surface area contributed by atoms with E-state index < -0.39 is 7.82 Å².